The zero-order valence-corrected chi connectivity index (χ0v) is 11.9. The fraction of sp³-hybridized carbons (Fsp3) is 0.250. The molecule has 0 unspecified atom stereocenters. The van der Waals surface area contributed by atoms with Crippen LogP contribution in [0.1, 0.15) is 5.56 Å². The van der Waals surface area contributed by atoms with Crippen LogP contribution in [0.4, 0.5) is 0 Å². The molecular weight excluding hydrogens is 288 g/mol. The smallest absolute Gasteiger partial charge is 0.269 e. The highest BCUT2D eigenvalue weighted by Gasteiger charge is 2.14. The Morgan fingerprint density at radius 3 is 2.58 bits per heavy atom. The maximum absolute atomic E-state index is 11.9. The van der Waals surface area contributed by atoms with Gasteiger partial charge in [0.2, 0.25) is 0 Å². The predicted molar refractivity (Wildman–Crippen MR) is 71.6 cm³/mol. The predicted octanol–water partition coefficient (Wildman–Crippen LogP) is 2.25. The number of hydrogen-bond donors (Lipinski definition) is 0. The molecule has 19 heavy (non-hydrogen) atoms. The molecule has 0 amide bonds. The number of aryl methyl sites for hydroxylation is 1. The van der Waals surface area contributed by atoms with Crippen LogP contribution < -0.4 is 0 Å². The molecule has 1 aromatic carbocycles. The second-order valence-electron chi connectivity index (χ2n) is 4.01. The van der Waals surface area contributed by atoms with Gasteiger partial charge >= 0.3 is 0 Å². The third-order valence-electron chi connectivity index (χ3n) is 2.47. The second-order valence-corrected chi connectivity index (χ2v) is 6.06. The minimum absolute atomic E-state index is 0.00815. The van der Waals surface area contributed by atoms with Crippen molar-refractivity contribution in [1.82, 2.24) is 9.78 Å². The third kappa shape index (κ3) is 3.79. The minimum Gasteiger partial charge on any atom is -0.269 e. The summed E-state index contributed by atoms with van der Waals surface area (Å²) in [6.07, 6.45) is 3.08. The Hall–Kier alpha value is -1.37. The lowest BCUT2D eigenvalue weighted by Crippen LogP contribution is -2.12. The van der Waals surface area contributed by atoms with Crippen LogP contribution in [-0.4, -0.2) is 24.8 Å². The molecule has 1 heterocycles. The van der Waals surface area contributed by atoms with Crippen LogP contribution in [0, 0.1) is 6.92 Å². The van der Waals surface area contributed by atoms with E-state index in [-0.39, 0.29) is 11.5 Å². The van der Waals surface area contributed by atoms with Crippen molar-refractivity contribution in [2.45, 2.75) is 18.4 Å². The topological polar surface area (TPSA) is 61.2 Å². The van der Waals surface area contributed by atoms with Gasteiger partial charge in [-0.1, -0.05) is 29.3 Å². The van der Waals surface area contributed by atoms with Crippen LogP contribution in [-0.2, 0) is 20.8 Å². The van der Waals surface area contributed by atoms with E-state index >= 15 is 0 Å². The summed E-state index contributed by atoms with van der Waals surface area (Å²) < 4.78 is 30.2. The van der Waals surface area contributed by atoms with Crippen LogP contribution in [0.2, 0.25) is 5.02 Å². The molecule has 102 valence electrons. The van der Waals surface area contributed by atoms with E-state index in [9.17, 15) is 8.42 Å². The number of nitrogens with zero attached hydrogens (tertiary/aromatic N) is 2. The summed E-state index contributed by atoms with van der Waals surface area (Å²) in [6.45, 7) is 2.21. The molecule has 0 aliphatic heterocycles. The highest BCUT2D eigenvalue weighted by atomic mass is 35.5. The van der Waals surface area contributed by atoms with Gasteiger partial charge in [0.1, 0.15) is 0 Å². The summed E-state index contributed by atoms with van der Waals surface area (Å²) in [5.74, 6) is 0. The van der Waals surface area contributed by atoms with Gasteiger partial charge in [-0.3, -0.25) is 8.86 Å². The van der Waals surface area contributed by atoms with Crippen molar-refractivity contribution in [3.05, 3.63) is 47.2 Å². The standard InChI is InChI=1S/C12H13ClN2O3S/c1-10-2-4-12(5-3-10)19(16,17)18-7-6-15-9-11(13)8-14-15/h2-5,8-9H,6-7H2,1H3. The Kier molecular flexibility index (Phi) is 4.24. The molecule has 7 heteroatoms. The molecule has 5 nitrogen and oxygen atoms in total. The number of aromatic nitrogens is 2. The summed E-state index contributed by atoms with van der Waals surface area (Å²) in [7, 11) is -3.71. The normalized spacial score (nSPS) is 11.7. The fourth-order valence-corrected chi connectivity index (χ4v) is 2.53. The average molecular weight is 301 g/mol. The van der Waals surface area contributed by atoms with Gasteiger partial charge in [-0.25, -0.2) is 0 Å². The molecule has 0 saturated carbocycles. The molecule has 0 atom stereocenters. The van der Waals surface area contributed by atoms with Crippen molar-refractivity contribution in [1.29, 1.82) is 0 Å². The van der Waals surface area contributed by atoms with Crippen molar-refractivity contribution in [2.75, 3.05) is 6.61 Å². The van der Waals surface area contributed by atoms with Gasteiger partial charge in [0, 0.05) is 6.20 Å². The number of benzene rings is 1. The molecule has 0 saturated heterocycles. The Bertz CT molecular complexity index is 650. The number of halogens is 1. The molecule has 0 fully saturated rings. The molecule has 0 spiro atoms. The van der Waals surface area contributed by atoms with Gasteiger partial charge in [-0.15, -0.1) is 0 Å². The summed E-state index contributed by atoms with van der Waals surface area (Å²) in [4.78, 5) is 0.150. The highest BCUT2D eigenvalue weighted by molar-refractivity contribution is 7.86. The lowest BCUT2D eigenvalue weighted by molar-refractivity contribution is 0.294. The van der Waals surface area contributed by atoms with Gasteiger partial charge < -0.3 is 0 Å². The monoisotopic (exact) mass is 300 g/mol. The van der Waals surface area contributed by atoms with Gasteiger partial charge in [0.15, 0.2) is 0 Å². The maximum Gasteiger partial charge on any atom is 0.297 e. The fourth-order valence-electron chi connectivity index (χ4n) is 1.47. The molecular formula is C12H13ClN2O3S. The zero-order chi connectivity index (χ0) is 13.9. The first-order valence-electron chi connectivity index (χ1n) is 5.61. The minimum atomic E-state index is -3.71. The van der Waals surface area contributed by atoms with Crippen LogP contribution >= 0.6 is 11.6 Å². The van der Waals surface area contributed by atoms with Gasteiger partial charge in [-0.05, 0) is 19.1 Å². The molecule has 0 radical (unpaired) electrons. The van der Waals surface area contributed by atoms with Crippen molar-refractivity contribution in [2.24, 2.45) is 0 Å². The van der Waals surface area contributed by atoms with Crippen LogP contribution in [0.15, 0.2) is 41.6 Å². The first-order valence-corrected chi connectivity index (χ1v) is 7.40. The van der Waals surface area contributed by atoms with Crippen LogP contribution in [0.3, 0.4) is 0 Å². The number of rotatable bonds is 5. The summed E-state index contributed by atoms with van der Waals surface area (Å²) in [5.41, 5.74) is 0.991. The molecule has 0 aliphatic rings. The second kappa shape index (κ2) is 5.73. The van der Waals surface area contributed by atoms with E-state index < -0.39 is 10.1 Å². The van der Waals surface area contributed by atoms with E-state index in [1.54, 1.807) is 18.3 Å². The van der Waals surface area contributed by atoms with Gasteiger partial charge in [-0.2, -0.15) is 13.5 Å². The van der Waals surface area contributed by atoms with Crippen molar-refractivity contribution in [3.8, 4) is 0 Å². The molecule has 2 rings (SSSR count). The Morgan fingerprint density at radius 2 is 2.00 bits per heavy atom. The van der Waals surface area contributed by atoms with Gasteiger partial charge in [0.05, 0.1) is 29.3 Å². The van der Waals surface area contributed by atoms with E-state index in [0.717, 1.165) is 5.56 Å². The lowest BCUT2D eigenvalue weighted by atomic mass is 10.2. The van der Waals surface area contributed by atoms with E-state index in [2.05, 4.69) is 5.10 Å². The van der Waals surface area contributed by atoms with Crippen molar-refractivity contribution in [3.63, 3.8) is 0 Å². The van der Waals surface area contributed by atoms with E-state index in [1.165, 1.54) is 23.0 Å². The largest absolute Gasteiger partial charge is 0.297 e. The third-order valence-corrected chi connectivity index (χ3v) is 3.99. The first-order chi connectivity index (χ1) is 8.97. The summed E-state index contributed by atoms with van der Waals surface area (Å²) >= 11 is 5.70. The Balaban J connectivity index is 1.96. The Labute approximate surface area is 116 Å². The van der Waals surface area contributed by atoms with Crippen molar-refractivity contribution >= 4 is 21.7 Å². The van der Waals surface area contributed by atoms with E-state index in [0.29, 0.717) is 11.6 Å². The SMILES string of the molecule is Cc1ccc(S(=O)(=O)OCCn2cc(Cl)cn2)cc1. The van der Waals surface area contributed by atoms with Gasteiger partial charge in [0.25, 0.3) is 10.1 Å². The molecule has 0 bridgehead atoms. The average Bonchev–Trinajstić information content (AvgIpc) is 2.75. The van der Waals surface area contributed by atoms with E-state index in [1.807, 2.05) is 6.92 Å². The number of hydrogen-bond acceptors (Lipinski definition) is 4. The zero-order valence-electron chi connectivity index (χ0n) is 10.3. The molecule has 2 aromatic rings. The molecule has 0 N–H and O–H groups in total. The maximum atomic E-state index is 11.9. The quantitative estimate of drug-likeness (QED) is 0.795. The van der Waals surface area contributed by atoms with E-state index in [4.69, 9.17) is 15.8 Å². The summed E-state index contributed by atoms with van der Waals surface area (Å²) in [6, 6.07) is 6.50. The molecule has 0 aliphatic carbocycles. The highest BCUT2D eigenvalue weighted by Crippen LogP contribution is 2.13. The lowest BCUT2D eigenvalue weighted by Gasteiger charge is -2.06. The summed E-state index contributed by atoms with van der Waals surface area (Å²) in [5, 5.41) is 4.43. The van der Waals surface area contributed by atoms with Crippen LogP contribution in [0.25, 0.3) is 0 Å². The van der Waals surface area contributed by atoms with Crippen LogP contribution in [0.5, 0.6) is 0 Å². The molecule has 1 aromatic heterocycles. The Morgan fingerprint density at radius 1 is 1.32 bits per heavy atom. The van der Waals surface area contributed by atoms with Crippen molar-refractivity contribution < 1.29 is 12.6 Å². The first kappa shape index (κ1) is 14.0.